The van der Waals surface area contributed by atoms with Crippen LogP contribution in [0.2, 0.25) is 20.1 Å². The van der Waals surface area contributed by atoms with E-state index in [-0.39, 0.29) is 20.8 Å². The molecule has 26 heavy (non-hydrogen) atoms. The minimum absolute atomic E-state index is 0.0991. The smallest absolute Gasteiger partial charge is 0.304 e. The van der Waals surface area contributed by atoms with Gasteiger partial charge in [-0.25, -0.2) is 0 Å². The lowest BCUT2D eigenvalue weighted by Crippen LogP contribution is -2.36. The highest BCUT2D eigenvalue weighted by atomic mass is 35.5. The summed E-state index contributed by atoms with van der Waals surface area (Å²) in [6.07, 6.45) is -4.23. The number of amides is 1. The second-order valence-electron chi connectivity index (χ2n) is 4.93. The highest BCUT2D eigenvalue weighted by Gasteiger charge is 2.32. The largest absolute Gasteiger partial charge is 0.417 e. The van der Waals surface area contributed by atoms with Crippen molar-refractivity contribution < 1.29 is 18.0 Å². The van der Waals surface area contributed by atoms with E-state index in [4.69, 9.17) is 46.4 Å². The number of hydrogen-bond donors (Lipinski definition) is 2. The van der Waals surface area contributed by atoms with Gasteiger partial charge in [-0.1, -0.05) is 46.4 Å². The lowest BCUT2D eigenvalue weighted by atomic mass is 10.2. The van der Waals surface area contributed by atoms with Crippen molar-refractivity contribution in [2.75, 3.05) is 5.43 Å². The fraction of sp³-hybridized carbons (Fsp3) is 0.143. The molecule has 1 aromatic heterocycles. The first kappa shape index (κ1) is 20.7. The van der Waals surface area contributed by atoms with Crippen molar-refractivity contribution in [3.05, 3.63) is 60.4 Å². The summed E-state index contributed by atoms with van der Waals surface area (Å²) in [5.74, 6) is -0.843. The third kappa shape index (κ3) is 4.97. The molecule has 0 aliphatic heterocycles. The van der Waals surface area contributed by atoms with Crippen LogP contribution in [0.3, 0.4) is 0 Å². The molecule has 0 fully saturated rings. The van der Waals surface area contributed by atoms with Gasteiger partial charge in [0.05, 0.1) is 21.3 Å². The number of hydrogen-bond acceptors (Lipinski definition) is 3. The molecule has 1 amide bonds. The number of halogens is 7. The zero-order valence-electron chi connectivity index (χ0n) is 12.4. The lowest BCUT2D eigenvalue weighted by molar-refractivity contribution is -0.138. The Labute approximate surface area is 164 Å². The van der Waals surface area contributed by atoms with E-state index in [2.05, 4.69) is 10.9 Å². The molecule has 0 atom stereocenters. The number of hydrazine groups is 1. The van der Waals surface area contributed by atoms with E-state index in [1.807, 2.05) is 0 Å². The minimum atomic E-state index is -4.72. The molecule has 0 saturated heterocycles. The monoisotopic (exact) mass is 447 g/mol. The molecule has 2 rings (SSSR count). The van der Waals surface area contributed by atoms with Crippen LogP contribution < -0.4 is 16.4 Å². The van der Waals surface area contributed by atoms with Gasteiger partial charge in [-0.2, -0.15) is 13.2 Å². The summed E-state index contributed by atoms with van der Waals surface area (Å²) in [7, 11) is 0. The van der Waals surface area contributed by atoms with Crippen LogP contribution in [0, 0.1) is 0 Å². The molecule has 2 aromatic rings. The third-order valence-electron chi connectivity index (χ3n) is 3.02. The van der Waals surface area contributed by atoms with E-state index in [1.165, 1.54) is 12.1 Å². The Kier molecular flexibility index (Phi) is 6.33. The molecule has 140 valence electrons. The highest BCUT2D eigenvalue weighted by molar-refractivity contribution is 6.41. The average Bonchev–Trinajstić information content (AvgIpc) is 2.49. The van der Waals surface area contributed by atoms with E-state index in [0.29, 0.717) is 16.8 Å². The van der Waals surface area contributed by atoms with Gasteiger partial charge in [0.15, 0.2) is 0 Å². The van der Waals surface area contributed by atoms with Crippen molar-refractivity contribution in [1.29, 1.82) is 0 Å². The molecule has 0 bridgehead atoms. The van der Waals surface area contributed by atoms with E-state index in [9.17, 15) is 22.8 Å². The molecular formula is C14H8Cl4F3N3O2. The summed E-state index contributed by atoms with van der Waals surface area (Å²) in [6.45, 7) is -0.724. The normalized spacial score (nSPS) is 11.3. The Hall–Kier alpha value is -1.61. The molecule has 0 aliphatic rings. The number of aromatic nitrogens is 1. The average molecular weight is 449 g/mol. The van der Waals surface area contributed by atoms with Crippen LogP contribution in [0.15, 0.2) is 29.2 Å². The van der Waals surface area contributed by atoms with Gasteiger partial charge in [0.25, 0.3) is 11.5 Å². The topological polar surface area (TPSA) is 63.1 Å². The molecule has 5 nitrogen and oxygen atoms in total. The fourth-order valence-corrected chi connectivity index (χ4v) is 3.00. The number of rotatable bonds is 4. The maximum absolute atomic E-state index is 12.8. The quantitative estimate of drug-likeness (QED) is 0.670. The zero-order valence-corrected chi connectivity index (χ0v) is 15.4. The van der Waals surface area contributed by atoms with Crippen molar-refractivity contribution in [2.45, 2.75) is 12.7 Å². The maximum atomic E-state index is 12.8. The third-order valence-corrected chi connectivity index (χ3v) is 4.10. The van der Waals surface area contributed by atoms with E-state index in [1.54, 1.807) is 0 Å². The second kappa shape index (κ2) is 7.96. The Balaban J connectivity index is 2.16. The van der Waals surface area contributed by atoms with Crippen LogP contribution in [0.1, 0.15) is 5.56 Å². The molecule has 0 radical (unpaired) electrons. The van der Waals surface area contributed by atoms with E-state index >= 15 is 0 Å². The minimum Gasteiger partial charge on any atom is -0.304 e. The van der Waals surface area contributed by atoms with E-state index < -0.39 is 34.8 Å². The summed E-state index contributed by atoms with van der Waals surface area (Å²) in [6, 6.07) is 3.21. The summed E-state index contributed by atoms with van der Waals surface area (Å²) < 4.78 is 38.9. The van der Waals surface area contributed by atoms with Gasteiger partial charge in [-0.05, 0) is 18.2 Å². The van der Waals surface area contributed by atoms with Gasteiger partial charge in [0.1, 0.15) is 11.6 Å². The molecule has 1 heterocycles. The SMILES string of the molecule is O=C(Cn1cc(C(F)(F)F)cc(Cl)c1=O)NNc1c(Cl)cc(Cl)cc1Cl. The van der Waals surface area contributed by atoms with Gasteiger partial charge in [0, 0.05) is 11.2 Å². The predicted molar refractivity (Wildman–Crippen MR) is 94.0 cm³/mol. The van der Waals surface area contributed by atoms with Crippen LogP contribution in [0.5, 0.6) is 0 Å². The van der Waals surface area contributed by atoms with E-state index in [0.717, 1.165) is 0 Å². The van der Waals surface area contributed by atoms with Crippen molar-refractivity contribution >= 4 is 58.0 Å². The lowest BCUT2D eigenvalue weighted by Gasteiger charge is -2.14. The Morgan fingerprint density at radius 3 is 2.15 bits per heavy atom. The van der Waals surface area contributed by atoms with Crippen molar-refractivity contribution in [1.82, 2.24) is 9.99 Å². The number of nitrogens with zero attached hydrogens (tertiary/aromatic N) is 1. The van der Waals surface area contributed by atoms with Crippen LogP contribution in [-0.2, 0) is 17.5 Å². The van der Waals surface area contributed by atoms with Crippen LogP contribution in [0.4, 0.5) is 18.9 Å². The first-order valence-corrected chi connectivity index (χ1v) is 8.17. The van der Waals surface area contributed by atoms with Gasteiger partial charge >= 0.3 is 6.18 Å². The van der Waals surface area contributed by atoms with Crippen molar-refractivity contribution in [3.63, 3.8) is 0 Å². The summed E-state index contributed by atoms with van der Waals surface area (Å²) in [5.41, 5.74) is 2.60. The number of nitrogens with one attached hydrogen (secondary N) is 2. The van der Waals surface area contributed by atoms with Gasteiger partial charge in [-0.3, -0.25) is 20.4 Å². The number of carbonyl (C=O) groups is 1. The molecule has 1 aromatic carbocycles. The predicted octanol–water partition coefficient (Wildman–Crippen LogP) is 4.62. The zero-order chi connectivity index (χ0) is 19.6. The molecule has 0 aliphatic carbocycles. The highest BCUT2D eigenvalue weighted by Crippen LogP contribution is 2.33. The molecule has 0 saturated carbocycles. The summed E-state index contributed by atoms with van der Waals surface area (Å²) >= 11 is 23.1. The Morgan fingerprint density at radius 2 is 1.62 bits per heavy atom. The first-order valence-electron chi connectivity index (χ1n) is 6.65. The Bertz CT molecular complexity index is 892. The van der Waals surface area contributed by atoms with Crippen LogP contribution >= 0.6 is 46.4 Å². The number of pyridine rings is 1. The van der Waals surface area contributed by atoms with Crippen molar-refractivity contribution in [2.24, 2.45) is 0 Å². The molecule has 12 heteroatoms. The molecular weight excluding hydrogens is 441 g/mol. The maximum Gasteiger partial charge on any atom is 0.417 e. The molecule has 2 N–H and O–H groups in total. The fourth-order valence-electron chi connectivity index (χ4n) is 1.86. The van der Waals surface area contributed by atoms with Gasteiger partial charge in [-0.15, -0.1) is 0 Å². The first-order chi connectivity index (χ1) is 12.0. The molecule has 0 spiro atoms. The van der Waals surface area contributed by atoms with Gasteiger partial charge in [0.2, 0.25) is 0 Å². The number of carbonyl (C=O) groups excluding carboxylic acids is 1. The summed E-state index contributed by atoms with van der Waals surface area (Å²) in [5, 5.41) is -0.199. The molecule has 0 unspecified atom stereocenters. The van der Waals surface area contributed by atoms with Crippen molar-refractivity contribution in [3.8, 4) is 0 Å². The summed E-state index contributed by atoms with van der Waals surface area (Å²) in [4.78, 5) is 23.7. The number of benzene rings is 1. The van der Waals surface area contributed by atoms with Crippen LogP contribution in [0.25, 0.3) is 0 Å². The van der Waals surface area contributed by atoms with Crippen LogP contribution in [-0.4, -0.2) is 10.5 Å². The Morgan fingerprint density at radius 1 is 1.04 bits per heavy atom. The second-order valence-corrected chi connectivity index (χ2v) is 6.58. The van der Waals surface area contributed by atoms with Gasteiger partial charge < -0.3 is 4.57 Å². The standard InChI is InChI=1S/C14H8Cl4F3N3O2/c15-7-2-8(16)12(9(17)3-7)23-22-11(25)5-24-4-6(14(19,20)21)1-10(18)13(24)26/h1-4,23H,5H2,(H,22,25). The number of alkyl halides is 3. The number of anilines is 1.